The summed E-state index contributed by atoms with van der Waals surface area (Å²) >= 11 is 0. The SMILES string of the molecule is CC[C@@]1(O)C(=O)OCc2c1cc1n(c2=O)C([Si](C)(C)C(C)(C)C)c2cc3ccccc3nc2-1. The van der Waals surface area contributed by atoms with Gasteiger partial charge in [0.2, 0.25) is 0 Å². The third-order valence-corrected chi connectivity index (χ3v) is 14.0. The predicted molar refractivity (Wildman–Crippen MR) is 131 cm³/mol. The number of rotatable bonds is 2. The number of carbonyl (C=O) groups is 1. The highest BCUT2D eigenvalue weighted by Crippen LogP contribution is 2.52. The van der Waals surface area contributed by atoms with E-state index in [-0.39, 0.29) is 29.3 Å². The van der Waals surface area contributed by atoms with E-state index in [4.69, 9.17) is 9.72 Å². The first-order valence-corrected chi connectivity index (χ1v) is 14.6. The lowest BCUT2D eigenvalue weighted by atomic mass is 9.86. The number of ether oxygens (including phenoxy) is 1. The molecule has 0 bridgehead atoms. The molecule has 3 aromatic rings. The summed E-state index contributed by atoms with van der Waals surface area (Å²) in [6.07, 6.45) is 0.130. The normalized spacial score (nSPS) is 22.0. The van der Waals surface area contributed by atoms with Gasteiger partial charge < -0.3 is 14.4 Å². The van der Waals surface area contributed by atoms with E-state index in [0.717, 1.165) is 22.2 Å². The van der Waals surface area contributed by atoms with Crippen LogP contribution in [-0.4, -0.2) is 28.7 Å². The first-order valence-electron chi connectivity index (χ1n) is 11.5. The largest absolute Gasteiger partial charge is 0.458 e. The zero-order valence-corrected chi connectivity index (χ0v) is 21.0. The maximum atomic E-state index is 14.0. The second-order valence-electron chi connectivity index (χ2n) is 10.9. The van der Waals surface area contributed by atoms with Crippen molar-refractivity contribution >= 4 is 24.9 Å². The highest BCUT2D eigenvalue weighted by atomic mass is 28.3. The Hall–Kier alpha value is -2.77. The molecule has 0 saturated heterocycles. The number of fused-ring (bicyclic) bond motifs is 5. The van der Waals surface area contributed by atoms with Gasteiger partial charge in [-0.3, -0.25) is 4.79 Å². The number of pyridine rings is 2. The van der Waals surface area contributed by atoms with Crippen LogP contribution in [0.1, 0.15) is 56.5 Å². The van der Waals surface area contributed by atoms with E-state index in [2.05, 4.69) is 39.9 Å². The topological polar surface area (TPSA) is 81.4 Å². The molecule has 1 N–H and O–H groups in total. The number of carbonyl (C=O) groups excluding carboxylic acids is 1. The molecule has 6 nitrogen and oxygen atoms in total. The molecule has 4 heterocycles. The summed E-state index contributed by atoms with van der Waals surface area (Å²) in [6.45, 7) is 13.0. The fraction of sp³-hybridized carbons (Fsp3) is 0.423. The summed E-state index contributed by atoms with van der Waals surface area (Å²) < 4.78 is 7.15. The molecule has 5 rings (SSSR count). The van der Waals surface area contributed by atoms with Crippen molar-refractivity contribution in [2.75, 3.05) is 0 Å². The van der Waals surface area contributed by atoms with Crippen LogP contribution < -0.4 is 5.56 Å². The van der Waals surface area contributed by atoms with Gasteiger partial charge in [0.05, 0.1) is 36.2 Å². The van der Waals surface area contributed by atoms with Gasteiger partial charge in [-0.1, -0.05) is 59.0 Å². The van der Waals surface area contributed by atoms with Crippen LogP contribution in [0.5, 0.6) is 0 Å². The molecule has 1 unspecified atom stereocenters. The van der Waals surface area contributed by atoms with Crippen molar-refractivity contribution in [1.29, 1.82) is 0 Å². The number of hydrogen-bond acceptors (Lipinski definition) is 5. The van der Waals surface area contributed by atoms with Gasteiger partial charge >= 0.3 is 5.97 Å². The molecule has 0 aliphatic carbocycles. The molecular formula is C26H30N2O4Si. The fourth-order valence-electron chi connectivity index (χ4n) is 5.12. The minimum Gasteiger partial charge on any atom is -0.458 e. The molecule has 0 radical (unpaired) electrons. The molecule has 2 atom stereocenters. The summed E-state index contributed by atoms with van der Waals surface area (Å²) in [5.41, 5.74) is 1.92. The number of aromatic nitrogens is 2. The van der Waals surface area contributed by atoms with Crippen molar-refractivity contribution in [3.05, 3.63) is 63.4 Å². The Morgan fingerprint density at radius 1 is 1.21 bits per heavy atom. The number of para-hydroxylation sites is 1. The molecule has 7 heteroatoms. The first kappa shape index (κ1) is 22.0. The number of aliphatic hydroxyl groups is 1. The summed E-state index contributed by atoms with van der Waals surface area (Å²) in [5.74, 6) is -0.701. The highest BCUT2D eigenvalue weighted by molar-refractivity contribution is 6.81. The van der Waals surface area contributed by atoms with Crippen LogP contribution in [0.4, 0.5) is 0 Å². The van der Waals surface area contributed by atoms with Crippen molar-refractivity contribution in [3.8, 4) is 11.4 Å². The van der Waals surface area contributed by atoms with Gasteiger partial charge in [-0.25, -0.2) is 9.78 Å². The van der Waals surface area contributed by atoms with Crippen LogP contribution in [0.3, 0.4) is 0 Å². The molecule has 0 spiro atoms. The smallest absolute Gasteiger partial charge is 0.343 e. The number of nitrogens with zero attached hydrogens (tertiary/aromatic N) is 2. The third kappa shape index (κ3) is 2.85. The van der Waals surface area contributed by atoms with Gasteiger partial charge in [-0.15, -0.1) is 0 Å². The van der Waals surface area contributed by atoms with Crippen LogP contribution in [0.25, 0.3) is 22.3 Å². The zero-order chi connectivity index (χ0) is 23.9. The Bertz CT molecular complexity index is 1390. The second kappa shape index (κ2) is 6.87. The molecule has 2 aliphatic heterocycles. The Balaban J connectivity index is 1.91. The Morgan fingerprint density at radius 2 is 1.91 bits per heavy atom. The molecule has 0 saturated carbocycles. The van der Waals surface area contributed by atoms with Gasteiger partial charge in [0.1, 0.15) is 6.61 Å². The number of benzene rings is 1. The van der Waals surface area contributed by atoms with Crippen molar-refractivity contribution in [3.63, 3.8) is 0 Å². The third-order valence-electron chi connectivity index (χ3n) is 8.15. The summed E-state index contributed by atoms with van der Waals surface area (Å²) in [5, 5.41) is 12.2. The predicted octanol–water partition coefficient (Wildman–Crippen LogP) is 4.67. The van der Waals surface area contributed by atoms with Crippen molar-refractivity contribution < 1.29 is 14.6 Å². The quantitative estimate of drug-likeness (QED) is 0.442. The summed E-state index contributed by atoms with van der Waals surface area (Å²) in [6, 6.07) is 11.9. The van der Waals surface area contributed by atoms with Crippen LogP contribution in [0, 0.1) is 0 Å². The second-order valence-corrected chi connectivity index (χ2v) is 16.4. The molecule has 1 aromatic carbocycles. The van der Waals surface area contributed by atoms with E-state index in [1.54, 1.807) is 6.92 Å². The van der Waals surface area contributed by atoms with E-state index in [1.807, 2.05) is 34.9 Å². The molecular weight excluding hydrogens is 432 g/mol. The van der Waals surface area contributed by atoms with Crippen LogP contribution in [0.15, 0.2) is 41.2 Å². The highest BCUT2D eigenvalue weighted by Gasteiger charge is 2.51. The van der Waals surface area contributed by atoms with Gasteiger partial charge in [-0.05, 0) is 29.7 Å². The number of esters is 1. The summed E-state index contributed by atoms with van der Waals surface area (Å²) in [7, 11) is -2.14. The lowest BCUT2D eigenvalue weighted by Gasteiger charge is -2.43. The van der Waals surface area contributed by atoms with E-state index < -0.39 is 19.6 Å². The maximum Gasteiger partial charge on any atom is 0.343 e. The number of cyclic esters (lactones) is 1. The Morgan fingerprint density at radius 3 is 2.58 bits per heavy atom. The van der Waals surface area contributed by atoms with Crippen molar-refractivity contribution in [2.45, 2.75) is 70.1 Å². The van der Waals surface area contributed by atoms with Gasteiger partial charge in [-0.2, -0.15) is 0 Å². The van der Waals surface area contributed by atoms with Crippen molar-refractivity contribution in [1.82, 2.24) is 9.55 Å². The first-order chi connectivity index (χ1) is 15.4. The monoisotopic (exact) mass is 462 g/mol. The molecule has 2 aliphatic rings. The van der Waals surface area contributed by atoms with Crippen LogP contribution >= 0.6 is 0 Å². The van der Waals surface area contributed by atoms with Gasteiger partial charge in [0, 0.05) is 16.5 Å². The van der Waals surface area contributed by atoms with Crippen LogP contribution in [-0.2, 0) is 21.7 Å². The fourth-order valence-corrected chi connectivity index (χ4v) is 7.84. The zero-order valence-electron chi connectivity index (χ0n) is 20.0. The van der Waals surface area contributed by atoms with Crippen molar-refractivity contribution in [2.24, 2.45) is 0 Å². The van der Waals surface area contributed by atoms with E-state index in [1.165, 1.54) is 0 Å². The maximum absolute atomic E-state index is 14.0. The lowest BCUT2D eigenvalue weighted by molar-refractivity contribution is -0.172. The van der Waals surface area contributed by atoms with E-state index >= 15 is 0 Å². The number of hydrogen-bond donors (Lipinski definition) is 1. The molecule has 172 valence electrons. The minimum atomic E-state index is -2.14. The van der Waals surface area contributed by atoms with Gasteiger partial charge in [0.25, 0.3) is 5.56 Å². The average Bonchev–Trinajstić information content (AvgIpc) is 3.08. The summed E-state index contributed by atoms with van der Waals surface area (Å²) in [4.78, 5) is 31.5. The Labute approximate surface area is 194 Å². The molecule has 2 aromatic heterocycles. The average molecular weight is 463 g/mol. The Kier molecular flexibility index (Phi) is 4.59. The van der Waals surface area contributed by atoms with E-state index in [9.17, 15) is 14.7 Å². The lowest BCUT2D eigenvalue weighted by Crippen LogP contribution is -2.50. The van der Waals surface area contributed by atoms with E-state index in [0.29, 0.717) is 16.8 Å². The molecule has 0 amide bonds. The molecule has 0 fully saturated rings. The van der Waals surface area contributed by atoms with Crippen LogP contribution in [0.2, 0.25) is 18.1 Å². The standard InChI is InChI=1S/C26H30N2O4Si/c1-7-26(31)18-13-20-21-16(12-15-10-8-9-11-19(15)27-21)23(33(5,6)25(2,3)4)28(20)22(29)17(18)14-32-24(26)30/h8-13,23,31H,7,14H2,1-6H3/t23?,26-/m0/s1. The minimum absolute atomic E-state index is 0.00809. The van der Waals surface area contributed by atoms with Gasteiger partial charge in [0.15, 0.2) is 5.60 Å². The molecule has 33 heavy (non-hydrogen) atoms.